The molecule has 0 aliphatic heterocycles. The van der Waals surface area contributed by atoms with Gasteiger partial charge in [0.15, 0.2) is 17.5 Å². The molecule has 1 heterocycles. The summed E-state index contributed by atoms with van der Waals surface area (Å²) in [6, 6.07) is 57.0. The second-order valence-corrected chi connectivity index (χ2v) is 10.9. The highest BCUT2D eigenvalue weighted by Crippen LogP contribution is 2.36. The summed E-state index contributed by atoms with van der Waals surface area (Å²) in [4.78, 5) is 14.8. The molecule has 0 saturated carbocycles. The molecule has 206 valence electrons. The number of hydrogen-bond donors (Lipinski definition) is 0. The van der Waals surface area contributed by atoms with Crippen molar-refractivity contribution in [2.45, 2.75) is 0 Å². The fourth-order valence-corrected chi connectivity index (χ4v) is 5.88. The van der Waals surface area contributed by atoms with Crippen LogP contribution in [0.4, 0.5) is 0 Å². The second kappa shape index (κ2) is 11.0. The smallest absolute Gasteiger partial charge is 0.164 e. The van der Waals surface area contributed by atoms with E-state index >= 15 is 0 Å². The predicted molar refractivity (Wildman–Crippen MR) is 182 cm³/mol. The highest BCUT2D eigenvalue weighted by atomic mass is 15.0. The molecule has 0 aliphatic carbocycles. The van der Waals surface area contributed by atoms with E-state index in [9.17, 15) is 0 Å². The molecular formula is C41H27N3. The highest BCUT2D eigenvalue weighted by molar-refractivity contribution is 6.13. The third kappa shape index (κ3) is 4.81. The van der Waals surface area contributed by atoms with Gasteiger partial charge in [-0.25, -0.2) is 15.0 Å². The Kier molecular flexibility index (Phi) is 6.47. The number of nitrogens with zero attached hydrogens (tertiary/aromatic N) is 3. The van der Waals surface area contributed by atoms with E-state index in [4.69, 9.17) is 15.0 Å². The van der Waals surface area contributed by atoms with Crippen molar-refractivity contribution in [3.8, 4) is 56.4 Å². The van der Waals surface area contributed by atoms with Crippen molar-refractivity contribution >= 4 is 21.5 Å². The first kappa shape index (κ1) is 25.8. The third-order valence-electron chi connectivity index (χ3n) is 8.14. The van der Waals surface area contributed by atoms with Crippen molar-refractivity contribution in [2.75, 3.05) is 0 Å². The number of rotatable bonds is 5. The van der Waals surface area contributed by atoms with E-state index in [1.54, 1.807) is 0 Å². The van der Waals surface area contributed by atoms with Crippen LogP contribution in [-0.4, -0.2) is 15.0 Å². The van der Waals surface area contributed by atoms with Crippen LogP contribution >= 0.6 is 0 Å². The van der Waals surface area contributed by atoms with Crippen LogP contribution in [0.2, 0.25) is 0 Å². The number of hydrogen-bond acceptors (Lipinski definition) is 3. The van der Waals surface area contributed by atoms with Gasteiger partial charge in [-0.2, -0.15) is 0 Å². The normalized spacial score (nSPS) is 11.2. The van der Waals surface area contributed by atoms with Crippen LogP contribution in [0, 0.1) is 0 Å². The first-order chi connectivity index (χ1) is 21.8. The van der Waals surface area contributed by atoms with Crippen LogP contribution in [0.1, 0.15) is 0 Å². The summed E-state index contributed by atoms with van der Waals surface area (Å²) >= 11 is 0. The average Bonchev–Trinajstić information content (AvgIpc) is 3.12. The van der Waals surface area contributed by atoms with E-state index in [0.29, 0.717) is 17.5 Å². The lowest BCUT2D eigenvalue weighted by molar-refractivity contribution is 1.07. The molecule has 7 aromatic carbocycles. The molecule has 0 fully saturated rings. The molecule has 0 N–H and O–H groups in total. The number of benzene rings is 7. The maximum absolute atomic E-state index is 4.97. The minimum atomic E-state index is 0.649. The molecule has 0 amide bonds. The zero-order valence-corrected chi connectivity index (χ0v) is 23.9. The van der Waals surface area contributed by atoms with E-state index in [-0.39, 0.29) is 0 Å². The maximum atomic E-state index is 4.97. The lowest BCUT2D eigenvalue weighted by Gasteiger charge is -2.12. The molecule has 3 heteroatoms. The fraction of sp³-hybridized carbons (Fsp3) is 0. The van der Waals surface area contributed by atoms with Crippen LogP contribution in [0.5, 0.6) is 0 Å². The van der Waals surface area contributed by atoms with Gasteiger partial charge in [0, 0.05) is 16.7 Å². The molecule has 1 aromatic heterocycles. The summed E-state index contributed by atoms with van der Waals surface area (Å²) < 4.78 is 0. The second-order valence-electron chi connectivity index (χ2n) is 10.9. The molecular weight excluding hydrogens is 534 g/mol. The van der Waals surface area contributed by atoms with Gasteiger partial charge >= 0.3 is 0 Å². The van der Waals surface area contributed by atoms with E-state index in [1.165, 1.54) is 32.7 Å². The first-order valence-electron chi connectivity index (χ1n) is 14.8. The summed E-state index contributed by atoms with van der Waals surface area (Å²) in [5.41, 5.74) is 7.56. The number of fused-ring (bicyclic) bond motifs is 3. The Morgan fingerprint density at radius 2 is 0.659 bits per heavy atom. The summed E-state index contributed by atoms with van der Waals surface area (Å²) in [7, 11) is 0. The van der Waals surface area contributed by atoms with Gasteiger partial charge in [0.05, 0.1) is 0 Å². The summed E-state index contributed by atoms with van der Waals surface area (Å²) in [5.74, 6) is 1.95. The third-order valence-corrected chi connectivity index (χ3v) is 8.14. The Labute approximate surface area is 256 Å². The van der Waals surface area contributed by atoms with Crippen LogP contribution < -0.4 is 0 Å². The van der Waals surface area contributed by atoms with Gasteiger partial charge in [-0.05, 0) is 49.9 Å². The molecule has 0 aliphatic rings. The molecule has 3 nitrogen and oxygen atoms in total. The van der Waals surface area contributed by atoms with Crippen molar-refractivity contribution in [3.63, 3.8) is 0 Å². The van der Waals surface area contributed by atoms with E-state index in [0.717, 1.165) is 27.8 Å². The maximum Gasteiger partial charge on any atom is 0.164 e. The topological polar surface area (TPSA) is 38.7 Å². The largest absolute Gasteiger partial charge is 0.208 e. The minimum absolute atomic E-state index is 0.649. The Balaban J connectivity index is 1.21. The van der Waals surface area contributed by atoms with Crippen LogP contribution in [0.3, 0.4) is 0 Å². The quantitative estimate of drug-likeness (QED) is 0.196. The van der Waals surface area contributed by atoms with E-state index < -0.39 is 0 Å². The first-order valence-corrected chi connectivity index (χ1v) is 14.8. The molecule has 8 rings (SSSR count). The lowest BCUT2D eigenvalue weighted by Crippen LogP contribution is -2.00. The van der Waals surface area contributed by atoms with Gasteiger partial charge in [0.2, 0.25) is 0 Å². The standard InChI is InChI=1S/C41H27N3/c1-3-11-28(12-4-1)29-19-23-32(24-20-29)40-42-39(31-13-5-2-6-14-31)43-41(44-40)33-25-21-30(22-26-33)38-27-34-15-7-8-16-35(34)36-17-9-10-18-37(36)38/h1-27H. The zero-order valence-electron chi connectivity index (χ0n) is 23.9. The molecule has 8 aromatic rings. The van der Waals surface area contributed by atoms with Crippen LogP contribution in [0.15, 0.2) is 164 Å². The minimum Gasteiger partial charge on any atom is -0.208 e. The zero-order chi connectivity index (χ0) is 29.3. The van der Waals surface area contributed by atoms with Crippen molar-refractivity contribution in [3.05, 3.63) is 164 Å². The molecule has 0 unspecified atom stereocenters. The number of aromatic nitrogens is 3. The van der Waals surface area contributed by atoms with Gasteiger partial charge in [0.1, 0.15) is 0 Å². The van der Waals surface area contributed by atoms with Gasteiger partial charge in [-0.1, -0.05) is 158 Å². The Bertz CT molecular complexity index is 2240. The van der Waals surface area contributed by atoms with Gasteiger partial charge in [0.25, 0.3) is 0 Å². The molecule has 0 saturated heterocycles. The molecule has 0 radical (unpaired) electrons. The monoisotopic (exact) mass is 561 g/mol. The lowest BCUT2D eigenvalue weighted by atomic mass is 9.93. The fourth-order valence-electron chi connectivity index (χ4n) is 5.88. The molecule has 0 atom stereocenters. The van der Waals surface area contributed by atoms with Gasteiger partial charge in [-0.15, -0.1) is 0 Å². The molecule has 44 heavy (non-hydrogen) atoms. The Hall–Kier alpha value is -5.93. The summed E-state index contributed by atoms with van der Waals surface area (Å²) in [5, 5.41) is 5.01. The van der Waals surface area contributed by atoms with E-state index in [2.05, 4.69) is 127 Å². The van der Waals surface area contributed by atoms with Crippen molar-refractivity contribution in [2.24, 2.45) is 0 Å². The Morgan fingerprint density at radius 3 is 1.25 bits per heavy atom. The van der Waals surface area contributed by atoms with Crippen LogP contribution in [0.25, 0.3) is 78.0 Å². The van der Waals surface area contributed by atoms with E-state index in [1.807, 2.05) is 36.4 Å². The Morgan fingerprint density at radius 1 is 0.273 bits per heavy atom. The average molecular weight is 562 g/mol. The van der Waals surface area contributed by atoms with Gasteiger partial charge < -0.3 is 0 Å². The van der Waals surface area contributed by atoms with Crippen molar-refractivity contribution in [1.82, 2.24) is 15.0 Å². The summed E-state index contributed by atoms with van der Waals surface area (Å²) in [6.45, 7) is 0. The van der Waals surface area contributed by atoms with Gasteiger partial charge in [-0.3, -0.25) is 0 Å². The SMILES string of the molecule is c1ccc(-c2ccc(-c3nc(-c4ccccc4)nc(-c4ccc(-c5cc6ccccc6c6ccccc56)cc4)n3)cc2)cc1. The van der Waals surface area contributed by atoms with Crippen molar-refractivity contribution < 1.29 is 0 Å². The summed E-state index contributed by atoms with van der Waals surface area (Å²) in [6.07, 6.45) is 0. The predicted octanol–water partition coefficient (Wildman–Crippen LogP) is 10.5. The van der Waals surface area contributed by atoms with Crippen LogP contribution in [-0.2, 0) is 0 Å². The van der Waals surface area contributed by atoms with Crippen molar-refractivity contribution in [1.29, 1.82) is 0 Å². The molecule has 0 spiro atoms. The molecule has 0 bridgehead atoms. The highest BCUT2D eigenvalue weighted by Gasteiger charge is 2.14.